The minimum atomic E-state index is -3.49. The number of rotatable bonds is 10. The Morgan fingerprint density at radius 3 is 2.22 bits per heavy atom. The third-order valence-corrected chi connectivity index (χ3v) is 7.79. The van der Waals surface area contributed by atoms with E-state index >= 15 is 0 Å². The van der Waals surface area contributed by atoms with Gasteiger partial charge in [-0.2, -0.15) is 4.31 Å². The molecule has 3 rings (SSSR count). The second-order valence-electron chi connectivity index (χ2n) is 8.30. The summed E-state index contributed by atoms with van der Waals surface area (Å²) >= 11 is 0. The molecule has 1 N–H and O–H groups in total. The van der Waals surface area contributed by atoms with Gasteiger partial charge in [0.1, 0.15) is 5.75 Å². The van der Waals surface area contributed by atoms with E-state index in [9.17, 15) is 13.2 Å². The molecule has 174 valence electrons. The minimum Gasteiger partial charge on any atom is -0.497 e. The fourth-order valence-corrected chi connectivity index (χ4v) is 5.43. The van der Waals surface area contributed by atoms with Crippen LogP contribution in [0.3, 0.4) is 0 Å². The quantitative estimate of drug-likeness (QED) is 0.551. The normalized spacial score (nSPS) is 16.1. The number of carbonyl (C=O) groups excluding carboxylic acids is 1. The van der Waals surface area contributed by atoms with Crippen LogP contribution in [0.25, 0.3) is 0 Å². The average Bonchev–Trinajstić information content (AvgIpc) is 2.82. The van der Waals surface area contributed by atoms with Gasteiger partial charge in [0.2, 0.25) is 10.0 Å². The van der Waals surface area contributed by atoms with Crippen LogP contribution in [-0.4, -0.2) is 70.8 Å². The second kappa shape index (κ2) is 11.0. The number of likely N-dealkylation sites (N-methyl/N-ethyl adjacent to an activating group) is 1. The first-order valence-corrected chi connectivity index (χ1v) is 12.4. The number of benzene rings is 2. The topological polar surface area (TPSA) is 78.9 Å². The fourth-order valence-electron chi connectivity index (χ4n) is 3.92. The zero-order valence-corrected chi connectivity index (χ0v) is 19.9. The predicted molar refractivity (Wildman–Crippen MR) is 126 cm³/mol. The molecule has 1 unspecified atom stereocenters. The summed E-state index contributed by atoms with van der Waals surface area (Å²) in [6.45, 7) is 1.91. The third-order valence-electron chi connectivity index (χ3n) is 5.88. The average molecular weight is 460 g/mol. The summed E-state index contributed by atoms with van der Waals surface area (Å²) in [5, 5.41) is 3.24. The molecule has 8 heteroatoms. The molecule has 32 heavy (non-hydrogen) atoms. The number of sulfonamides is 1. The Morgan fingerprint density at radius 2 is 1.66 bits per heavy atom. The zero-order valence-electron chi connectivity index (χ0n) is 19.1. The van der Waals surface area contributed by atoms with Crippen molar-refractivity contribution in [2.75, 3.05) is 47.4 Å². The van der Waals surface area contributed by atoms with E-state index in [1.165, 1.54) is 16.4 Å². The maximum atomic E-state index is 12.8. The van der Waals surface area contributed by atoms with Crippen LogP contribution in [0, 0.1) is 0 Å². The largest absolute Gasteiger partial charge is 0.497 e. The smallest absolute Gasteiger partial charge is 0.243 e. The van der Waals surface area contributed by atoms with E-state index in [2.05, 4.69) is 10.2 Å². The van der Waals surface area contributed by atoms with Gasteiger partial charge >= 0.3 is 0 Å². The van der Waals surface area contributed by atoms with Crippen LogP contribution in [0.4, 0.5) is 0 Å². The molecule has 0 radical (unpaired) electrons. The molecule has 1 fully saturated rings. The summed E-state index contributed by atoms with van der Waals surface area (Å²) < 4.78 is 32.3. The second-order valence-corrected chi connectivity index (χ2v) is 10.2. The number of piperidine rings is 1. The summed E-state index contributed by atoms with van der Waals surface area (Å²) in [6, 6.07) is 14.3. The van der Waals surface area contributed by atoms with Crippen molar-refractivity contribution >= 4 is 15.8 Å². The first-order chi connectivity index (χ1) is 15.3. The van der Waals surface area contributed by atoms with Gasteiger partial charge in [-0.05, 0) is 56.8 Å². The molecule has 0 amide bonds. The number of carbonyl (C=O) groups is 1. The van der Waals surface area contributed by atoms with Crippen LogP contribution in [0.1, 0.15) is 41.2 Å². The Bertz CT molecular complexity index is 983. The molecular weight excluding hydrogens is 426 g/mol. The molecule has 0 aliphatic carbocycles. The van der Waals surface area contributed by atoms with Gasteiger partial charge in [-0.25, -0.2) is 8.42 Å². The van der Waals surface area contributed by atoms with Crippen LogP contribution >= 0.6 is 0 Å². The third kappa shape index (κ3) is 5.95. The van der Waals surface area contributed by atoms with Crippen molar-refractivity contribution in [1.29, 1.82) is 0 Å². The van der Waals surface area contributed by atoms with E-state index in [4.69, 9.17) is 4.74 Å². The lowest BCUT2D eigenvalue weighted by Crippen LogP contribution is -2.35. The summed E-state index contributed by atoms with van der Waals surface area (Å²) in [4.78, 5) is 15.0. The van der Waals surface area contributed by atoms with Crippen LogP contribution in [0.5, 0.6) is 5.75 Å². The first kappa shape index (κ1) is 24.4. The highest BCUT2D eigenvalue weighted by molar-refractivity contribution is 7.89. The van der Waals surface area contributed by atoms with E-state index in [0.717, 1.165) is 30.6 Å². The van der Waals surface area contributed by atoms with Crippen molar-refractivity contribution in [3.63, 3.8) is 0 Å². The monoisotopic (exact) mass is 459 g/mol. The molecule has 1 aliphatic rings. The molecule has 2 aromatic carbocycles. The summed E-state index contributed by atoms with van der Waals surface area (Å²) in [7, 11) is 2.15. The lowest BCUT2D eigenvalue weighted by Gasteiger charge is -2.26. The molecular formula is C24H33N3O4S. The molecule has 2 aromatic rings. The van der Waals surface area contributed by atoms with Gasteiger partial charge in [0, 0.05) is 31.2 Å². The van der Waals surface area contributed by atoms with Crippen molar-refractivity contribution < 1.29 is 17.9 Å². The number of nitrogens with zero attached hydrogens (tertiary/aromatic N) is 2. The van der Waals surface area contributed by atoms with Gasteiger partial charge in [-0.3, -0.25) is 4.79 Å². The maximum absolute atomic E-state index is 12.8. The van der Waals surface area contributed by atoms with Crippen LogP contribution in [-0.2, 0) is 10.0 Å². The van der Waals surface area contributed by atoms with Crippen LogP contribution in [0.2, 0.25) is 0 Å². The fraction of sp³-hybridized carbons (Fsp3) is 0.458. The van der Waals surface area contributed by atoms with Gasteiger partial charge in [0.05, 0.1) is 18.6 Å². The molecule has 1 aliphatic heterocycles. The lowest BCUT2D eigenvalue weighted by molar-refractivity contribution is 0.0988. The molecule has 1 heterocycles. The van der Waals surface area contributed by atoms with Crippen molar-refractivity contribution in [2.24, 2.45) is 0 Å². The summed E-state index contributed by atoms with van der Waals surface area (Å²) in [5.41, 5.74) is 1.63. The summed E-state index contributed by atoms with van der Waals surface area (Å²) in [6.07, 6.45) is 2.86. The van der Waals surface area contributed by atoms with Crippen molar-refractivity contribution in [2.45, 2.75) is 30.2 Å². The number of hydrogen-bond donors (Lipinski definition) is 1. The molecule has 1 saturated heterocycles. The highest BCUT2D eigenvalue weighted by Gasteiger charge is 2.26. The summed E-state index contributed by atoms with van der Waals surface area (Å²) in [5.74, 6) is 0.735. The van der Waals surface area contributed by atoms with Gasteiger partial charge in [0.15, 0.2) is 5.78 Å². The van der Waals surface area contributed by atoms with Gasteiger partial charge in [-0.1, -0.05) is 30.7 Å². The standard InChI is InChI=1S/C24H33N3O4S/c1-26(2)23(19-7-11-21(31-3)12-8-19)17-25-18-24(28)20-9-13-22(14-10-20)32(29,30)27-15-5-4-6-16-27/h7-14,23,25H,4-6,15-18H2,1-3H3. The molecule has 1 atom stereocenters. The number of Topliss-reactive ketones (excluding diaryl/α,β-unsaturated/α-hetero) is 1. The Kier molecular flexibility index (Phi) is 8.42. The van der Waals surface area contributed by atoms with E-state index in [-0.39, 0.29) is 23.3 Å². The van der Waals surface area contributed by atoms with E-state index in [1.54, 1.807) is 19.2 Å². The molecule has 0 aromatic heterocycles. The Balaban J connectivity index is 1.58. The Labute approximate surface area is 191 Å². The van der Waals surface area contributed by atoms with E-state index in [0.29, 0.717) is 25.2 Å². The minimum absolute atomic E-state index is 0.0702. The van der Waals surface area contributed by atoms with Gasteiger partial charge < -0.3 is 15.0 Å². The lowest BCUT2D eigenvalue weighted by atomic mass is 10.1. The molecule has 7 nitrogen and oxygen atoms in total. The molecule has 0 spiro atoms. The predicted octanol–water partition coefficient (Wildman–Crippen LogP) is 2.95. The SMILES string of the molecule is COc1ccc(C(CNCC(=O)c2ccc(S(=O)(=O)N3CCCCC3)cc2)N(C)C)cc1. The number of methoxy groups -OCH3 is 1. The number of hydrogen-bond acceptors (Lipinski definition) is 6. The Morgan fingerprint density at radius 1 is 1.03 bits per heavy atom. The molecule has 0 bridgehead atoms. The zero-order chi connectivity index (χ0) is 23.1. The van der Waals surface area contributed by atoms with Crippen molar-refractivity contribution in [3.8, 4) is 5.75 Å². The van der Waals surface area contributed by atoms with E-state index < -0.39 is 10.0 Å². The van der Waals surface area contributed by atoms with Crippen LogP contribution in [0.15, 0.2) is 53.4 Å². The van der Waals surface area contributed by atoms with Crippen molar-refractivity contribution in [1.82, 2.24) is 14.5 Å². The highest BCUT2D eigenvalue weighted by atomic mass is 32.2. The molecule has 0 saturated carbocycles. The number of ether oxygens (including phenoxy) is 1. The van der Waals surface area contributed by atoms with Gasteiger partial charge in [-0.15, -0.1) is 0 Å². The number of ketones is 1. The first-order valence-electron chi connectivity index (χ1n) is 11.0. The number of nitrogens with one attached hydrogen (secondary N) is 1. The van der Waals surface area contributed by atoms with Crippen LogP contribution < -0.4 is 10.1 Å². The van der Waals surface area contributed by atoms with Crippen molar-refractivity contribution in [3.05, 3.63) is 59.7 Å². The van der Waals surface area contributed by atoms with Gasteiger partial charge in [0.25, 0.3) is 0 Å². The van der Waals surface area contributed by atoms with E-state index in [1.807, 2.05) is 38.4 Å². The Hall–Kier alpha value is -2.26. The maximum Gasteiger partial charge on any atom is 0.243 e. The highest BCUT2D eigenvalue weighted by Crippen LogP contribution is 2.22.